The SMILES string of the molecule is Cc1c(O)ccc2c(COC(=O)[C@H]3CS[C@@]4(C)CCC(=O)N34)cc(=O)oc12. The van der Waals surface area contributed by atoms with Crippen LogP contribution in [0.4, 0.5) is 0 Å². The zero-order chi connectivity index (χ0) is 19.3. The van der Waals surface area contributed by atoms with Gasteiger partial charge in [-0.15, -0.1) is 11.8 Å². The van der Waals surface area contributed by atoms with E-state index in [1.54, 1.807) is 29.7 Å². The lowest BCUT2D eigenvalue weighted by atomic mass is 10.1. The summed E-state index contributed by atoms with van der Waals surface area (Å²) < 4.78 is 10.6. The van der Waals surface area contributed by atoms with Gasteiger partial charge in [-0.25, -0.2) is 9.59 Å². The molecule has 2 aliphatic heterocycles. The van der Waals surface area contributed by atoms with Crippen molar-refractivity contribution in [3.8, 4) is 5.75 Å². The van der Waals surface area contributed by atoms with Gasteiger partial charge in [0.2, 0.25) is 5.91 Å². The van der Waals surface area contributed by atoms with Gasteiger partial charge in [0.25, 0.3) is 0 Å². The number of rotatable bonds is 3. The second-order valence-corrected chi connectivity index (χ2v) is 8.55. The number of amides is 1. The second-order valence-electron chi connectivity index (χ2n) is 7.05. The van der Waals surface area contributed by atoms with Gasteiger partial charge >= 0.3 is 11.6 Å². The number of hydrogen-bond acceptors (Lipinski definition) is 7. The first kappa shape index (κ1) is 17.9. The van der Waals surface area contributed by atoms with Crippen molar-refractivity contribution in [3.63, 3.8) is 0 Å². The molecular weight excluding hydrogens is 370 g/mol. The van der Waals surface area contributed by atoms with E-state index in [9.17, 15) is 19.5 Å². The molecule has 0 aliphatic carbocycles. The van der Waals surface area contributed by atoms with Crippen LogP contribution in [0.15, 0.2) is 27.4 Å². The highest BCUT2D eigenvalue weighted by atomic mass is 32.2. The summed E-state index contributed by atoms with van der Waals surface area (Å²) in [4.78, 5) is 37.9. The highest BCUT2D eigenvalue weighted by Crippen LogP contribution is 2.47. The molecule has 2 fully saturated rings. The number of esters is 1. The molecule has 1 aromatic heterocycles. The number of thioether (sulfide) groups is 1. The molecule has 142 valence electrons. The maximum atomic E-state index is 12.6. The quantitative estimate of drug-likeness (QED) is 0.635. The van der Waals surface area contributed by atoms with Crippen molar-refractivity contribution in [2.45, 2.75) is 44.2 Å². The van der Waals surface area contributed by atoms with Crippen LogP contribution in [0, 0.1) is 6.92 Å². The summed E-state index contributed by atoms with van der Waals surface area (Å²) >= 11 is 1.60. The minimum atomic E-state index is -0.604. The maximum absolute atomic E-state index is 12.6. The Bertz CT molecular complexity index is 1020. The molecule has 0 bridgehead atoms. The molecule has 4 rings (SSSR count). The number of benzene rings is 1. The molecule has 3 heterocycles. The van der Waals surface area contributed by atoms with Crippen LogP contribution in [-0.4, -0.2) is 38.5 Å². The Hall–Kier alpha value is -2.48. The van der Waals surface area contributed by atoms with Crippen molar-refractivity contribution in [2.24, 2.45) is 0 Å². The average Bonchev–Trinajstić information content (AvgIpc) is 3.12. The van der Waals surface area contributed by atoms with Gasteiger partial charge in [0.1, 0.15) is 24.0 Å². The summed E-state index contributed by atoms with van der Waals surface area (Å²) in [5, 5.41) is 10.4. The number of nitrogens with zero attached hydrogens (tertiary/aromatic N) is 1. The first-order chi connectivity index (χ1) is 12.8. The van der Waals surface area contributed by atoms with Gasteiger partial charge < -0.3 is 19.2 Å². The van der Waals surface area contributed by atoms with Crippen LogP contribution in [0.2, 0.25) is 0 Å². The number of carbonyl (C=O) groups is 2. The molecule has 0 saturated carbocycles. The highest BCUT2D eigenvalue weighted by molar-refractivity contribution is 8.01. The van der Waals surface area contributed by atoms with Crippen molar-refractivity contribution in [3.05, 3.63) is 39.7 Å². The standard InChI is InChI=1S/C19H19NO6S/c1-10-14(21)4-3-12-11(7-16(23)26-17(10)12)8-25-18(24)13-9-27-19(2)6-5-15(22)20(13)19/h3-4,7,13,21H,5-6,8-9H2,1-2H3/t13-,19+/m1/s1. The lowest BCUT2D eigenvalue weighted by Crippen LogP contribution is -2.46. The molecule has 1 N–H and O–H groups in total. The smallest absolute Gasteiger partial charge is 0.336 e. The van der Waals surface area contributed by atoms with E-state index in [1.807, 2.05) is 6.92 Å². The van der Waals surface area contributed by atoms with E-state index in [0.29, 0.717) is 28.7 Å². The predicted molar refractivity (Wildman–Crippen MR) is 99.4 cm³/mol. The van der Waals surface area contributed by atoms with E-state index in [0.717, 1.165) is 6.42 Å². The summed E-state index contributed by atoms with van der Waals surface area (Å²) in [6.45, 7) is 3.51. The molecule has 1 aromatic carbocycles. The molecule has 27 heavy (non-hydrogen) atoms. The monoisotopic (exact) mass is 389 g/mol. The van der Waals surface area contributed by atoms with E-state index in [2.05, 4.69) is 0 Å². The largest absolute Gasteiger partial charge is 0.508 e. The molecule has 2 aromatic rings. The molecule has 2 aliphatic rings. The van der Waals surface area contributed by atoms with Crippen LogP contribution in [0.1, 0.15) is 30.9 Å². The fraction of sp³-hybridized carbons (Fsp3) is 0.421. The molecule has 0 spiro atoms. The maximum Gasteiger partial charge on any atom is 0.336 e. The van der Waals surface area contributed by atoms with Gasteiger partial charge in [-0.1, -0.05) is 0 Å². The number of aryl methyl sites for hydroxylation is 1. The lowest BCUT2D eigenvalue weighted by Gasteiger charge is -2.29. The number of ether oxygens (including phenoxy) is 1. The van der Waals surface area contributed by atoms with Crippen LogP contribution in [-0.2, 0) is 20.9 Å². The summed E-state index contributed by atoms with van der Waals surface area (Å²) in [5.74, 6) is 0.0282. The molecule has 2 atom stereocenters. The third kappa shape index (κ3) is 2.88. The van der Waals surface area contributed by atoms with Gasteiger partial charge in [0.05, 0.1) is 4.87 Å². The third-order valence-electron chi connectivity index (χ3n) is 5.30. The number of phenolic OH excluding ortho intramolecular Hbond substituents is 1. The van der Waals surface area contributed by atoms with E-state index in [-0.39, 0.29) is 28.7 Å². The Kier molecular flexibility index (Phi) is 4.18. The lowest BCUT2D eigenvalue weighted by molar-refractivity contribution is -0.154. The first-order valence-corrected chi connectivity index (χ1v) is 9.67. The van der Waals surface area contributed by atoms with Crippen molar-refractivity contribution < 1.29 is 23.8 Å². The number of hydrogen-bond donors (Lipinski definition) is 1. The van der Waals surface area contributed by atoms with E-state index in [4.69, 9.17) is 9.15 Å². The molecule has 7 nitrogen and oxygen atoms in total. The van der Waals surface area contributed by atoms with E-state index < -0.39 is 17.6 Å². The number of phenols is 1. The molecular formula is C19H19NO6S. The predicted octanol–water partition coefficient (Wildman–Crippen LogP) is 2.30. The number of fused-ring (bicyclic) bond motifs is 2. The third-order valence-corrected chi connectivity index (χ3v) is 6.81. The molecule has 1 amide bonds. The molecule has 2 saturated heterocycles. The summed E-state index contributed by atoms with van der Waals surface area (Å²) in [5.41, 5.74) is 0.635. The van der Waals surface area contributed by atoms with Crippen molar-refractivity contribution in [1.82, 2.24) is 4.90 Å². The fourth-order valence-corrected chi connectivity index (χ4v) is 5.19. The Balaban J connectivity index is 1.57. The Morgan fingerprint density at radius 3 is 3.00 bits per heavy atom. The number of aromatic hydroxyl groups is 1. The Labute approximate surface area is 159 Å². The number of carbonyl (C=O) groups excluding carboxylic acids is 2. The molecule has 0 unspecified atom stereocenters. The van der Waals surface area contributed by atoms with Gasteiger partial charge in [-0.2, -0.15) is 0 Å². The van der Waals surface area contributed by atoms with Gasteiger partial charge in [0, 0.05) is 34.8 Å². The Morgan fingerprint density at radius 2 is 2.22 bits per heavy atom. The van der Waals surface area contributed by atoms with Crippen molar-refractivity contribution >= 4 is 34.6 Å². The van der Waals surface area contributed by atoms with Crippen LogP contribution in [0.3, 0.4) is 0 Å². The zero-order valence-electron chi connectivity index (χ0n) is 15.0. The Morgan fingerprint density at radius 1 is 1.44 bits per heavy atom. The van der Waals surface area contributed by atoms with Gasteiger partial charge in [0.15, 0.2) is 0 Å². The van der Waals surface area contributed by atoms with E-state index in [1.165, 1.54) is 12.1 Å². The van der Waals surface area contributed by atoms with E-state index >= 15 is 0 Å². The van der Waals surface area contributed by atoms with Crippen LogP contribution < -0.4 is 5.63 Å². The first-order valence-electron chi connectivity index (χ1n) is 8.68. The summed E-state index contributed by atoms with van der Waals surface area (Å²) in [6, 6.07) is 3.80. The average molecular weight is 389 g/mol. The van der Waals surface area contributed by atoms with Crippen LogP contribution in [0.25, 0.3) is 11.0 Å². The molecule has 8 heteroatoms. The summed E-state index contributed by atoms with van der Waals surface area (Å²) in [6.07, 6.45) is 1.17. The summed E-state index contributed by atoms with van der Waals surface area (Å²) in [7, 11) is 0. The normalized spacial score (nSPS) is 24.4. The minimum Gasteiger partial charge on any atom is -0.508 e. The second kappa shape index (κ2) is 6.30. The van der Waals surface area contributed by atoms with Gasteiger partial charge in [-0.05, 0) is 32.4 Å². The van der Waals surface area contributed by atoms with Crippen molar-refractivity contribution in [1.29, 1.82) is 0 Å². The molecule has 0 radical (unpaired) electrons. The zero-order valence-corrected chi connectivity index (χ0v) is 15.8. The van der Waals surface area contributed by atoms with Crippen molar-refractivity contribution in [2.75, 3.05) is 5.75 Å². The minimum absolute atomic E-state index is 0.0228. The topological polar surface area (TPSA) is 97.0 Å². The van der Waals surface area contributed by atoms with Gasteiger partial charge in [-0.3, -0.25) is 4.79 Å². The van der Waals surface area contributed by atoms with Crippen LogP contribution >= 0.6 is 11.8 Å². The fourth-order valence-electron chi connectivity index (χ4n) is 3.78. The highest BCUT2D eigenvalue weighted by Gasteiger charge is 2.53. The van der Waals surface area contributed by atoms with Crippen LogP contribution in [0.5, 0.6) is 5.75 Å².